The fourth-order valence-electron chi connectivity index (χ4n) is 6.39. The summed E-state index contributed by atoms with van der Waals surface area (Å²) in [7, 11) is 3.72. The van der Waals surface area contributed by atoms with Gasteiger partial charge in [-0.1, -0.05) is 13.0 Å². The zero-order chi connectivity index (χ0) is 26.7. The van der Waals surface area contributed by atoms with E-state index in [1.165, 1.54) is 0 Å². The molecule has 2 amide bonds. The highest BCUT2D eigenvalue weighted by Crippen LogP contribution is 2.55. The van der Waals surface area contributed by atoms with Crippen LogP contribution in [0, 0.1) is 5.92 Å². The monoisotopic (exact) mass is 515 g/mol. The second-order valence-electron chi connectivity index (χ2n) is 10.4. The minimum Gasteiger partial charge on any atom is -0.504 e. The average molecular weight is 516 g/mol. The van der Waals surface area contributed by atoms with Crippen molar-refractivity contribution in [3.05, 3.63) is 35.1 Å². The van der Waals surface area contributed by atoms with Gasteiger partial charge in [-0.2, -0.15) is 0 Å². The summed E-state index contributed by atoms with van der Waals surface area (Å²) in [4.78, 5) is 30.8. The molecule has 9 heteroatoms. The zero-order valence-electron chi connectivity index (χ0n) is 22.8. The molecule has 9 nitrogen and oxygen atoms in total. The van der Waals surface area contributed by atoms with E-state index in [0.29, 0.717) is 56.8 Å². The van der Waals surface area contributed by atoms with E-state index in [9.17, 15) is 14.7 Å². The highest BCUT2D eigenvalue weighted by Gasteiger charge is 2.51. The number of allylic oxidation sites excluding steroid dienone is 2. The van der Waals surface area contributed by atoms with E-state index in [4.69, 9.17) is 14.2 Å². The molecule has 4 rings (SSSR count). The van der Waals surface area contributed by atoms with Gasteiger partial charge in [-0.25, -0.2) is 9.59 Å². The van der Waals surface area contributed by atoms with Gasteiger partial charge in [0.1, 0.15) is 5.76 Å². The topological polar surface area (TPSA) is 91.8 Å². The van der Waals surface area contributed by atoms with Crippen molar-refractivity contribution in [3.63, 3.8) is 0 Å². The third-order valence-corrected chi connectivity index (χ3v) is 8.60. The highest BCUT2D eigenvalue weighted by molar-refractivity contribution is 5.71. The van der Waals surface area contributed by atoms with E-state index in [0.717, 1.165) is 36.9 Å². The van der Waals surface area contributed by atoms with Crippen LogP contribution in [-0.4, -0.2) is 91.5 Å². The first-order valence-corrected chi connectivity index (χ1v) is 13.4. The van der Waals surface area contributed by atoms with Gasteiger partial charge in [0.15, 0.2) is 11.5 Å². The summed E-state index contributed by atoms with van der Waals surface area (Å²) in [6.07, 6.45) is 4.24. The van der Waals surface area contributed by atoms with Gasteiger partial charge in [0, 0.05) is 49.6 Å². The normalized spacial score (nSPS) is 26.2. The Morgan fingerprint density at radius 2 is 1.76 bits per heavy atom. The van der Waals surface area contributed by atoms with Crippen LogP contribution >= 0.6 is 0 Å². The maximum Gasteiger partial charge on any atom is 0.415 e. The third-order valence-electron chi connectivity index (χ3n) is 8.60. The molecule has 2 aliphatic heterocycles. The maximum atomic E-state index is 13.1. The number of carbonyl (C=O) groups is 2. The summed E-state index contributed by atoms with van der Waals surface area (Å²) in [6, 6.07) is 4.18. The number of benzene rings is 1. The lowest BCUT2D eigenvalue weighted by Gasteiger charge is -2.53. The molecule has 3 aliphatic rings. The van der Waals surface area contributed by atoms with Gasteiger partial charge in [-0.15, -0.1) is 0 Å². The van der Waals surface area contributed by atoms with Gasteiger partial charge in [-0.3, -0.25) is 0 Å². The molecule has 0 bridgehead atoms. The molecule has 1 N–H and O–H groups in total. The molecule has 1 aromatic carbocycles. The first kappa shape index (κ1) is 27.1. The number of nitrogens with zero attached hydrogens (tertiary/aromatic N) is 3. The Balaban J connectivity index is 1.58. The van der Waals surface area contributed by atoms with Crippen LogP contribution in [0.3, 0.4) is 0 Å². The molecule has 204 valence electrons. The van der Waals surface area contributed by atoms with Crippen LogP contribution in [0.25, 0.3) is 0 Å². The quantitative estimate of drug-likeness (QED) is 0.630. The van der Waals surface area contributed by atoms with Crippen LogP contribution in [0.4, 0.5) is 9.59 Å². The maximum absolute atomic E-state index is 13.1. The van der Waals surface area contributed by atoms with Crippen molar-refractivity contribution in [1.29, 1.82) is 0 Å². The molecule has 1 aliphatic carbocycles. The number of fused-ring (bicyclic) bond motifs is 1. The number of ether oxygens (including phenoxy) is 3. The van der Waals surface area contributed by atoms with Crippen LogP contribution < -0.4 is 4.74 Å². The average Bonchev–Trinajstić information content (AvgIpc) is 2.90. The van der Waals surface area contributed by atoms with E-state index >= 15 is 0 Å². The number of methoxy groups -OCH3 is 1. The first-order valence-electron chi connectivity index (χ1n) is 13.4. The SMILES string of the molecule is CCOC(=O)N1CCN(C(=O)OC2=CCC3C(C)N(C)CC[C@]3(c3c(CC)ccc(OC)c3O)C2)CC1. The summed E-state index contributed by atoms with van der Waals surface area (Å²) in [5, 5.41) is 11.4. The second-order valence-corrected chi connectivity index (χ2v) is 10.4. The van der Waals surface area contributed by atoms with Crippen molar-refractivity contribution in [2.45, 2.75) is 57.9 Å². The van der Waals surface area contributed by atoms with Gasteiger partial charge in [0.25, 0.3) is 0 Å². The van der Waals surface area contributed by atoms with Gasteiger partial charge in [-0.05, 0) is 70.3 Å². The lowest BCUT2D eigenvalue weighted by Crippen LogP contribution is -2.55. The lowest BCUT2D eigenvalue weighted by atomic mass is 9.57. The number of aromatic hydroxyl groups is 1. The molecule has 0 spiro atoms. The molecule has 0 saturated carbocycles. The predicted molar refractivity (Wildman–Crippen MR) is 140 cm³/mol. The minimum absolute atomic E-state index is 0.200. The summed E-state index contributed by atoms with van der Waals surface area (Å²) in [5.74, 6) is 1.57. The van der Waals surface area contributed by atoms with Crippen LogP contribution in [-0.2, 0) is 21.3 Å². The van der Waals surface area contributed by atoms with Crippen molar-refractivity contribution in [2.24, 2.45) is 5.92 Å². The summed E-state index contributed by atoms with van der Waals surface area (Å²) in [6.45, 7) is 8.97. The lowest BCUT2D eigenvalue weighted by molar-refractivity contribution is 0.0309. The molecule has 1 aromatic rings. The molecule has 0 radical (unpaired) electrons. The molecule has 0 aromatic heterocycles. The summed E-state index contributed by atoms with van der Waals surface area (Å²) < 4.78 is 16.6. The number of phenols is 1. The van der Waals surface area contributed by atoms with Crippen molar-refractivity contribution >= 4 is 12.2 Å². The number of piperazine rings is 1. The molecule has 2 fully saturated rings. The van der Waals surface area contributed by atoms with E-state index in [2.05, 4.69) is 31.9 Å². The van der Waals surface area contributed by atoms with Gasteiger partial charge in [0.2, 0.25) is 0 Å². The molecular weight excluding hydrogens is 474 g/mol. The predicted octanol–water partition coefficient (Wildman–Crippen LogP) is 4.13. The molecule has 37 heavy (non-hydrogen) atoms. The Morgan fingerprint density at radius 1 is 1.08 bits per heavy atom. The summed E-state index contributed by atoms with van der Waals surface area (Å²) in [5.41, 5.74) is 1.66. The van der Waals surface area contributed by atoms with Crippen molar-refractivity contribution in [3.8, 4) is 11.5 Å². The van der Waals surface area contributed by atoms with Crippen LogP contribution in [0.15, 0.2) is 24.0 Å². The zero-order valence-corrected chi connectivity index (χ0v) is 22.8. The number of hydrogen-bond acceptors (Lipinski definition) is 7. The van der Waals surface area contributed by atoms with Crippen molar-refractivity contribution < 1.29 is 28.9 Å². The minimum atomic E-state index is -0.394. The van der Waals surface area contributed by atoms with Crippen molar-refractivity contribution in [2.75, 3.05) is 53.5 Å². The first-order chi connectivity index (χ1) is 17.7. The Kier molecular flexibility index (Phi) is 8.21. The number of piperidine rings is 1. The van der Waals surface area contributed by atoms with Gasteiger partial charge < -0.3 is 34.0 Å². The Morgan fingerprint density at radius 3 is 2.38 bits per heavy atom. The standard InChI is InChI=1S/C28H41N3O6/c1-6-20-8-11-23(35-5)25(32)24(20)28-12-13-29(4)19(3)22(28)10-9-21(18-28)37-27(34)31-16-14-30(15-17-31)26(33)36-7-2/h8-9,11,19,22,32H,6-7,10,12-18H2,1-5H3/t19?,22?,28-/m0/s1. The van der Waals surface area contributed by atoms with E-state index in [1.54, 1.807) is 23.8 Å². The fourth-order valence-corrected chi connectivity index (χ4v) is 6.39. The second kappa shape index (κ2) is 11.2. The van der Waals surface area contributed by atoms with E-state index in [1.807, 2.05) is 12.1 Å². The number of hydrogen-bond donors (Lipinski definition) is 1. The molecule has 2 heterocycles. The number of rotatable bonds is 5. The number of likely N-dealkylation sites (tertiary alicyclic amines) is 1. The Bertz CT molecular complexity index is 1030. The number of amides is 2. The largest absolute Gasteiger partial charge is 0.504 e. The molecule has 2 saturated heterocycles. The van der Waals surface area contributed by atoms with Gasteiger partial charge >= 0.3 is 12.2 Å². The van der Waals surface area contributed by atoms with E-state index < -0.39 is 6.09 Å². The molecule has 2 unspecified atom stereocenters. The number of carbonyl (C=O) groups excluding carboxylic acids is 2. The summed E-state index contributed by atoms with van der Waals surface area (Å²) >= 11 is 0. The van der Waals surface area contributed by atoms with E-state index in [-0.39, 0.29) is 23.2 Å². The number of aryl methyl sites for hydroxylation is 1. The number of phenolic OH excluding ortho intramolecular Hbond substituents is 1. The van der Waals surface area contributed by atoms with Crippen LogP contribution in [0.2, 0.25) is 0 Å². The van der Waals surface area contributed by atoms with Crippen LogP contribution in [0.1, 0.15) is 51.2 Å². The smallest absolute Gasteiger partial charge is 0.415 e. The van der Waals surface area contributed by atoms with Crippen molar-refractivity contribution in [1.82, 2.24) is 14.7 Å². The Hall–Kier alpha value is -2.94. The highest BCUT2D eigenvalue weighted by atomic mass is 16.6. The molecule has 3 atom stereocenters. The van der Waals surface area contributed by atoms with Crippen LogP contribution in [0.5, 0.6) is 11.5 Å². The third kappa shape index (κ3) is 5.10. The fraction of sp³-hybridized carbons (Fsp3) is 0.643. The Labute approximate surface area is 219 Å². The van der Waals surface area contributed by atoms with Gasteiger partial charge in [0.05, 0.1) is 13.7 Å². The molecular formula is C28H41N3O6.